The van der Waals surface area contributed by atoms with Crippen LogP contribution >= 0.6 is 0 Å². The fourth-order valence-corrected chi connectivity index (χ4v) is 3.42. The fraction of sp³-hybridized carbons (Fsp3) is 0.571. The number of hydrogen-bond acceptors (Lipinski definition) is 3. The topological polar surface area (TPSA) is 112 Å². The Morgan fingerprint density at radius 1 is 1.28 bits per heavy atom. The van der Waals surface area contributed by atoms with Crippen molar-refractivity contribution < 1.29 is 9.59 Å². The molecule has 1 unspecified atom stereocenters. The summed E-state index contributed by atoms with van der Waals surface area (Å²) >= 11 is 0. The van der Waals surface area contributed by atoms with Crippen LogP contribution in [0.3, 0.4) is 0 Å². The van der Waals surface area contributed by atoms with Gasteiger partial charge in [-0.05, 0) is 57.2 Å². The Bertz CT molecular complexity index is 702. The summed E-state index contributed by atoms with van der Waals surface area (Å²) in [6, 6.07) is 7.55. The number of nitrogens with zero attached hydrogens (tertiary/aromatic N) is 2. The van der Waals surface area contributed by atoms with Crippen molar-refractivity contribution in [3.8, 4) is 0 Å². The fourth-order valence-electron chi connectivity index (χ4n) is 3.42. The lowest BCUT2D eigenvalue weighted by atomic mass is 9.95. The highest BCUT2D eigenvalue weighted by Gasteiger charge is 2.23. The summed E-state index contributed by atoms with van der Waals surface area (Å²) in [6.45, 7) is 8.92. The molecule has 0 aliphatic carbocycles. The lowest BCUT2D eigenvalue weighted by Crippen LogP contribution is -2.47. The molecule has 1 fully saturated rings. The van der Waals surface area contributed by atoms with Crippen molar-refractivity contribution >= 4 is 23.6 Å². The molecule has 1 aromatic carbocycles. The van der Waals surface area contributed by atoms with Gasteiger partial charge in [-0.2, -0.15) is 0 Å². The van der Waals surface area contributed by atoms with Crippen molar-refractivity contribution in [2.24, 2.45) is 16.6 Å². The molecule has 1 aromatic rings. The summed E-state index contributed by atoms with van der Waals surface area (Å²) in [5, 5.41) is 8.96. The molecule has 2 rings (SSSR count). The van der Waals surface area contributed by atoms with Crippen molar-refractivity contribution in [1.82, 2.24) is 15.5 Å². The largest absolute Gasteiger partial charge is 0.370 e. The standard InChI is InChI=1S/C21H34N6O2/c1-4-23-20(27-11-5-6-17(14-27)12-19(22)28)24-13-16-7-9-18(10-8-16)26-21(29)25-15(2)3/h7-10,15,17H,4-6,11-14H2,1-3H3,(H2,22,28)(H,23,24)(H2,25,26,29). The van der Waals surface area contributed by atoms with Crippen LogP contribution in [0.25, 0.3) is 0 Å². The number of piperidine rings is 1. The molecule has 3 amide bonds. The van der Waals surface area contributed by atoms with Crippen LogP contribution in [-0.2, 0) is 11.3 Å². The Labute approximate surface area is 173 Å². The third-order valence-corrected chi connectivity index (χ3v) is 4.69. The summed E-state index contributed by atoms with van der Waals surface area (Å²) in [5.41, 5.74) is 7.17. The van der Waals surface area contributed by atoms with Crippen LogP contribution in [0.5, 0.6) is 0 Å². The molecule has 8 heteroatoms. The van der Waals surface area contributed by atoms with Gasteiger partial charge in [0.1, 0.15) is 0 Å². The van der Waals surface area contributed by atoms with Gasteiger partial charge in [-0.3, -0.25) is 4.79 Å². The average Bonchev–Trinajstić information content (AvgIpc) is 2.65. The number of nitrogens with one attached hydrogen (secondary N) is 3. The predicted octanol–water partition coefficient (Wildman–Crippen LogP) is 2.27. The molecule has 5 N–H and O–H groups in total. The van der Waals surface area contributed by atoms with Crippen LogP contribution < -0.4 is 21.7 Å². The number of guanidine groups is 1. The van der Waals surface area contributed by atoms with E-state index in [4.69, 9.17) is 10.7 Å². The number of anilines is 1. The molecule has 0 radical (unpaired) electrons. The van der Waals surface area contributed by atoms with Crippen LogP contribution in [0.2, 0.25) is 0 Å². The Hall–Kier alpha value is -2.77. The van der Waals surface area contributed by atoms with E-state index >= 15 is 0 Å². The van der Waals surface area contributed by atoms with Gasteiger partial charge >= 0.3 is 6.03 Å². The molecule has 1 saturated heterocycles. The van der Waals surface area contributed by atoms with E-state index in [1.807, 2.05) is 45.0 Å². The van der Waals surface area contributed by atoms with Crippen molar-refractivity contribution in [1.29, 1.82) is 0 Å². The molecule has 0 spiro atoms. The molecule has 29 heavy (non-hydrogen) atoms. The number of nitrogens with two attached hydrogens (primary N) is 1. The Morgan fingerprint density at radius 3 is 2.62 bits per heavy atom. The van der Waals surface area contributed by atoms with Crippen LogP contribution in [0.4, 0.5) is 10.5 Å². The molecule has 1 aliphatic heterocycles. The third kappa shape index (κ3) is 8.01. The van der Waals surface area contributed by atoms with Gasteiger partial charge in [0, 0.05) is 37.8 Å². The smallest absolute Gasteiger partial charge is 0.319 e. The molecular weight excluding hydrogens is 368 g/mol. The lowest BCUT2D eigenvalue weighted by molar-refractivity contribution is -0.119. The number of aliphatic imine (C=N–C) groups is 1. The number of primary amides is 1. The van der Waals surface area contributed by atoms with E-state index in [0.29, 0.717) is 13.0 Å². The van der Waals surface area contributed by atoms with Gasteiger partial charge in [0.05, 0.1) is 6.54 Å². The van der Waals surface area contributed by atoms with E-state index in [-0.39, 0.29) is 23.9 Å². The quantitative estimate of drug-likeness (QED) is 0.414. The molecule has 1 heterocycles. The maximum atomic E-state index is 11.8. The van der Waals surface area contributed by atoms with Crippen molar-refractivity contribution in [3.63, 3.8) is 0 Å². The summed E-state index contributed by atoms with van der Waals surface area (Å²) in [5.74, 6) is 0.905. The van der Waals surface area contributed by atoms with Gasteiger partial charge in [0.25, 0.3) is 0 Å². The number of likely N-dealkylation sites (tertiary alicyclic amines) is 1. The Kier molecular flexibility index (Phi) is 8.76. The van der Waals surface area contributed by atoms with E-state index in [0.717, 1.165) is 49.7 Å². The first-order chi connectivity index (χ1) is 13.9. The number of rotatable bonds is 7. The second kappa shape index (κ2) is 11.3. The molecule has 160 valence electrons. The molecular formula is C21H34N6O2. The SMILES string of the molecule is CCNC(=NCc1ccc(NC(=O)NC(C)C)cc1)N1CCCC(CC(N)=O)C1. The highest BCUT2D eigenvalue weighted by Crippen LogP contribution is 2.19. The Morgan fingerprint density at radius 2 is 2.00 bits per heavy atom. The van der Waals surface area contributed by atoms with Crippen LogP contribution in [0.15, 0.2) is 29.3 Å². The molecule has 1 aliphatic rings. The van der Waals surface area contributed by atoms with E-state index in [1.165, 1.54) is 0 Å². The molecule has 1 atom stereocenters. The minimum Gasteiger partial charge on any atom is -0.370 e. The first kappa shape index (κ1) is 22.5. The number of carbonyl (C=O) groups excluding carboxylic acids is 2. The number of carbonyl (C=O) groups is 2. The maximum Gasteiger partial charge on any atom is 0.319 e. The average molecular weight is 403 g/mol. The summed E-state index contributed by atoms with van der Waals surface area (Å²) in [6.07, 6.45) is 2.48. The highest BCUT2D eigenvalue weighted by atomic mass is 16.2. The molecule has 8 nitrogen and oxygen atoms in total. The zero-order chi connectivity index (χ0) is 21.2. The zero-order valence-corrected chi connectivity index (χ0v) is 17.7. The van der Waals surface area contributed by atoms with Gasteiger partial charge < -0.3 is 26.6 Å². The second-order valence-electron chi connectivity index (χ2n) is 7.74. The first-order valence-electron chi connectivity index (χ1n) is 10.4. The third-order valence-electron chi connectivity index (χ3n) is 4.69. The van der Waals surface area contributed by atoms with Gasteiger partial charge in [-0.15, -0.1) is 0 Å². The van der Waals surface area contributed by atoms with Crippen LogP contribution in [0, 0.1) is 5.92 Å². The van der Waals surface area contributed by atoms with E-state index in [9.17, 15) is 9.59 Å². The van der Waals surface area contributed by atoms with Crippen molar-refractivity contribution in [2.75, 3.05) is 25.0 Å². The Balaban J connectivity index is 1.97. The summed E-state index contributed by atoms with van der Waals surface area (Å²) in [4.78, 5) is 30.0. The van der Waals surface area contributed by atoms with Gasteiger partial charge in [0.15, 0.2) is 5.96 Å². The van der Waals surface area contributed by atoms with Gasteiger partial charge in [-0.1, -0.05) is 12.1 Å². The second-order valence-corrected chi connectivity index (χ2v) is 7.74. The number of urea groups is 1. The van der Waals surface area contributed by atoms with Gasteiger partial charge in [0.2, 0.25) is 5.91 Å². The minimum absolute atomic E-state index is 0.0884. The predicted molar refractivity (Wildman–Crippen MR) is 117 cm³/mol. The molecule has 0 saturated carbocycles. The van der Waals surface area contributed by atoms with Gasteiger partial charge in [-0.25, -0.2) is 9.79 Å². The maximum absolute atomic E-state index is 11.8. The van der Waals surface area contributed by atoms with E-state index < -0.39 is 0 Å². The monoisotopic (exact) mass is 402 g/mol. The number of amides is 3. The normalized spacial score (nSPS) is 17.2. The van der Waals surface area contributed by atoms with Crippen molar-refractivity contribution in [3.05, 3.63) is 29.8 Å². The minimum atomic E-state index is -0.241. The van der Waals surface area contributed by atoms with Crippen molar-refractivity contribution in [2.45, 2.75) is 52.6 Å². The van der Waals surface area contributed by atoms with Crippen LogP contribution in [0.1, 0.15) is 45.6 Å². The van der Waals surface area contributed by atoms with E-state index in [1.54, 1.807) is 0 Å². The van der Waals surface area contributed by atoms with Crippen LogP contribution in [-0.4, -0.2) is 48.5 Å². The lowest BCUT2D eigenvalue weighted by Gasteiger charge is -2.34. The molecule has 0 bridgehead atoms. The summed E-state index contributed by atoms with van der Waals surface area (Å²) in [7, 11) is 0. The summed E-state index contributed by atoms with van der Waals surface area (Å²) < 4.78 is 0. The highest BCUT2D eigenvalue weighted by molar-refractivity contribution is 5.89. The first-order valence-corrected chi connectivity index (χ1v) is 10.4. The number of benzene rings is 1. The molecule has 0 aromatic heterocycles. The van der Waals surface area contributed by atoms with E-state index in [2.05, 4.69) is 20.9 Å². The zero-order valence-electron chi connectivity index (χ0n) is 17.7. The number of hydrogen-bond donors (Lipinski definition) is 4.